The number of hydrogen-bond acceptors (Lipinski definition) is 4. The largest absolute Gasteiger partial charge is 0.306 e. The first-order valence-corrected chi connectivity index (χ1v) is 9.36. The number of rotatable bonds is 1. The molecule has 136 valence electrons. The van der Waals surface area contributed by atoms with Crippen LogP contribution < -0.4 is 0 Å². The van der Waals surface area contributed by atoms with Gasteiger partial charge in [-0.1, -0.05) is 57.2 Å². The van der Waals surface area contributed by atoms with Crippen molar-refractivity contribution in [2.45, 2.75) is 39.0 Å². The number of allylic oxidation sites excluding steroid dienone is 2. The lowest BCUT2D eigenvalue weighted by Crippen LogP contribution is -2.54. The molecule has 0 radical (unpaired) electrons. The third-order valence-electron chi connectivity index (χ3n) is 6.42. The summed E-state index contributed by atoms with van der Waals surface area (Å²) in [6, 6.07) is 16.0. The van der Waals surface area contributed by atoms with Crippen LogP contribution in [0.1, 0.15) is 39.2 Å². The van der Waals surface area contributed by atoms with Gasteiger partial charge in [-0.3, -0.25) is 0 Å². The summed E-state index contributed by atoms with van der Waals surface area (Å²) in [5.41, 5.74) is 0.259. The molecule has 1 aromatic rings. The van der Waals surface area contributed by atoms with Crippen LogP contribution in [0.15, 0.2) is 42.0 Å². The highest BCUT2D eigenvalue weighted by molar-refractivity contribution is 6.02. The van der Waals surface area contributed by atoms with Crippen molar-refractivity contribution >= 4 is 5.71 Å². The molecular formula is C23H24N4. The molecule has 0 saturated heterocycles. The summed E-state index contributed by atoms with van der Waals surface area (Å²) in [5, 5.41) is 39.0. The number of nitriles is 3. The topological polar surface area (TPSA) is 95.2 Å². The standard InChI is InChI=1S/C23H24N4/c1-22(2,3)16-9-10-17-18(11-16)20(13-25)23(14-26,21(27)19(17)12-24)15-7-5-4-6-8-15/h4-8,10,16,18-20,27H,9,11H2,1-3H3/t16-,18-,19?,20+,23-/m1/s1. The maximum atomic E-state index is 10.2. The predicted octanol–water partition coefficient (Wildman–Crippen LogP) is 4.76. The molecule has 4 heteroatoms. The van der Waals surface area contributed by atoms with Crippen molar-refractivity contribution in [2.24, 2.45) is 29.1 Å². The zero-order valence-corrected chi connectivity index (χ0v) is 16.0. The minimum Gasteiger partial charge on any atom is -0.306 e. The summed E-state index contributed by atoms with van der Waals surface area (Å²) >= 11 is 0. The summed E-state index contributed by atoms with van der Waals surface area (Å²) in [7, 11) is 0. The summed E-state index contributed by atoms with van der Waals surface area (Å²) in [6.45, 7) is 6.58. The molecule has 1 aromatic carbocycles. The van der Waals surface area contributed by atoms with E-state index in [9.17, 15) is 15.8 Å². The first-order valence-electron chi connectivity index (χ1n) is 9.36. The fraction of sp³-hybridized carbons (Fsp3) is 0.478. The highest BCUT2D eigenvalue weighted by atomic mass is 14.7. The van der Waals surface area contributed by atoms with Crippen molar-refractivity contribution < 1.29 is 0 Å². The Morgan fingerprint density at radius 2 is 1.74 bits per heavy atom. The molecule has 0 spiro atoms. The Labute approximate surface area is 161 Å². The van der Waals surface area contributed by atoms with Gasteiger partial charge in [-0.25, -0.2) is 0 Å². The molecule has 0 heterocycles. The van der Waals surface area contributed by atoms with Gasteiger partial charge in [0, 0.05) is 0 Å². The van der Waals surface area contributed by atoms with Crippen molar-refractivity contribution in [3.05, 3.63) is 47.5 Å². The Bertz CT molecular complexity index is 901. The van der Waals surface area contributed by atoms with Crippen LogP contribution in [0.25, 0.3) is 0 Å². The van der Waals surface area contributed by atoms with E-state index in [2.05, 4.69) is 45.1 Å². The minimum absolute atomic E-state index is 0.0435. The summed E-state index contributed by atoms with van der Waals surface area (Å²) in [4.78, 5) is 0. The van der Waals surface area contributed by atoms with Crippen molar-refractivity contribution in [3.63, 3.8) is 0 Å². The number of nitrogens with one attached hydrogen (secondary N) is 1. The van der Waals surface area contributed by atoms with E-state index in [0.29, 0.717) is 11.5 Å². The Balaban J connectivity index is 2.21. The van der Waals surface area contributed by atoms with Crippen LogP contribution >= 0.6 is 0 Å². The fourth-order valence-corrected chi connectivity index (χ4v) is 4.76. The molecule has 1 fully saturated rings. The van der Waals surface area contributed by atoms with Crippen LogP contribution in [0.5, 0.6) is 0 Å². The maximum Gasteiger partial charge on any atom is 0.137 e. The average Bonchev–Trinajstić information content (AvgIpc) is 2.66. The lowest BCUT2D eigenvalue weighted by molar-refractivity contribution is 0.165. The second kappa shape index (κ2) is 6.68. The molecule has 4 nitrogen and oxygen atoms in total. The highest BCUT2D eigenvalue weighted by Gasteiger charge is 2.58. The Kier molecular flexibility index (Phi) is 4.67. The van der Waals surface area contributed by atoms with Gasteiger partial charge in [-0.2, -0.15) is 15.8 Å². The van der Waals surface area contributed by atoms with E-state index in [1.165, 1.54) is 0 Å². The zero-order chi connectivity index (χ0) is 19.8. The quantitative estimate of drug-likeness (QED) is 0.735. The van der Waals surface area contributed by atoms with Crippen LogP contribution in [0.2, 0.25) is 0 Å². The molecule has 2 aliphatic carbocycles. The summed E-state index contributed by atoms with van der Waals surface area (Å²) < 4.78 is 0. The van der Waals surface area contributed by atoms with E-state index in [1.54, 1.807) is 12.1 Å². The van der Waals surface area contributed by atoms with Crippen molar-refractivity contribution in [3.8, 4) is 18.2 Å². The molecule has 0 amide bonds. The molecule has 0 aromatic heterocycles. The first-order chi connectivity index (χ1) is 12.8. The third-order valence-corrected chi connectivity index (χ3v) is 6.42. The SMILES string of the molecule is CC(C)(C)[C@@H]1CC=C2C(C#N)C(=N)[C@](C#N)(c3ccccc3)[C@@H](C#N)[C@@H]2C1. The van der Waals surface area contributed by atoms with E-state index in [4.69, 9.17) is 5.41 Å². The smallest absolute Gasteiger partial charge is 0.137 e. The van der Waals surface area contributed by atoms with Crippen molar-refractivity contribution in [2.75, 3.05) is 0 Å². The number of fused-ring (bicyclic) bond motifs is 1. The van der Waals surface area contributed by atoms with Crippen molar-refractivity contribution in [1.82, 2.24) is 0 Å². The van der Waals surface area contributed by atoms with Crippen LogP contribution in [0, 0.1) is 68.5 Å². The highest BCUT2D eigenvalue weighted by Crippen LogP contribution is 2.54. The van der Waals surface area contributed by atoms with Gasteiger partial charge >= 0.3 is 0 Å². The number of nitrogens with zero attached hydrogens (tertiary/aromatic N) is 3. The molecule has 27 heavy (non-hydrogen) atoms. The Hall–Kier alpha value is -2.90. The molecule has 0 aliphatic heterocycles. The number of benzene rings is 1. The van der Waals surface area contributed by atoms with Gasteiger partial charge in [0.25, 0.3) is 0 Å². The minimum atomic E-state index is -1.38. The fourth-order valence-electron chi connectivity index (χ4n) is 4.76. The lowest BCUT2D eigenvalue weighted by atomic mass is 9.51. The van der Waals surface area contributed by atoms with Gasteiger partial charge in [0.15, 0.2) is 0 Å². The first kappa shape index (κ1) is 18.9. The monoisotopic (exact) mass is 356 g/mol. The average molecular weight is 356 g/mol. The Morgan fingerprint density at radius 1 is 1.07 bits per heavy atom. The van der Waals surface area contributed by atoms with E-state index in [1.807, 2.05) is 18.2 Å². The number of hydrogen-bond donors (Lipinski definition) is 1. The van der Waals surface area contributed by atoms with Crippen LogP contribution in [-0.2, 0) is 5.41 Å². The Morgan fingerprint density at radius 3 is 2.26 bits per heavy atom. The molecule has 1 unspecified atom stereocenters. The zero-order valence-electron chi connectivity index (χ0n) is 16.0. The molecule has 0 bridgehead atoms. The summed E-state index contributed by atoms with van der Waals surface area (Å²) in [5.74, 6) is -1.20. The van der Waals surface area contributed by atoms with Gasteiger partial charge in [0.05, 0.1) is 29.8 Å². The van der Waals surface area contributed by atoms with E-state index in [-0.39, 0.29) is 17.0 Å². The van der Waals surface area contributed by atoms with Gasteiger partial charge in [-0.05, 0) is 41.2 Å². The van der Waals surface area contributed by atoms with Gasteiger partial charge < -0.3 is 5.41 Å². The third kappa shape index (κ3) is 2.75. The van der Waals surface area contributed by atoms with Gasteiger partial charge in [0.1, 0.15) is 11.3 Å². The van der Waals surface area contributed by atoms with E-state index >= 15 is 0 Å². The molecule has 3 rings (SSSR count). The van der Waals surface area contributed by atoms with Crippen LogP contribution in [0.4, 0.5) is 0 Å². The summed E-state index contributed by atoms with van der Waals surface area (Å²) in [6.07, 6.45) is 3.70. The molecule has 2 aliphatic rings. The lowest BCUT2D eigenvalue weighted by Gasteiger charge is -2.48. The second-order valence-corrected chi connectivity index (χ2v) is 8.71. The van der Waals surface area contributed by atoms with E-state index in [0.717, 1.165) is 18.4 Å². The van der Waals surface area contributed by atoms with Gasteiger partial charge in [0.2, 0.25) is 0 Å². The molecule has 5 atom stereocenters. The normalized spacial score (nSPS) is 33.0. The molecule has 1 saturated carbocycles. The van der Waals surface area contributed by atoms with Gasteiger partial charge in [-0.15, -0.1) is 0 Å². The van der Waals surface area contributed by atoms with E-state index < -0.39 is 17.3 Å². The van der Waals surface area contributed by atoms with Crippen molar-refractivity contribution in [1.29, 1.82) is 21.2 Å². The predicted molar refractivity (Wildman–Crippen MR) is 103 cm³/mol. The van der Waals surface area contributed by atoms with Crippen LogP contribution in [-0.4, -0.2) is 5.71 Å². The molecule has 1 N–H and O–H groups in total. The second-order valence-electron chi connectivity index (χ2n) is 8.71. The van der Waals surface area contributed by atoms with Crippen LogP contribution in [0.3, 0.4) is 0 Å². The maximum absolute atomic E-state index is 10.2. The molecular weight excluding hydrogens is 332 g/mol.